The zero-order chi connectivity index (χ0) is 21.9. The molecule has 0 N–H and O–H groups in total. The lowest BCUT2D eigenvalue weighted by molar-refractivity contribution is 0.0603. The van der Waals surface area contributed by atoms with Crippen LogP contribution in [0.25, 0.3) is 21.8 Å². The number of hydrogen-bond acceptors (Lipinski definition) is 4. The summed E-state index contributed by atoms with van der Waals surface area (Å²) in [5, 5.41) is 2.01. The van der Waals surface area contributed by atoms with E-state index in [1.165, 1.54) is 7.11 Å². The molecule has 5 rings (SSSR count). The third kappa shape index (κ3) is 3.93. The second kappa shape index (κ2) is 8.55. The maximum atomic E-state index is 12.0. The summed E-state index contributed by atoms with van der Waals surface area (Å²) in [6.07, 6.45) is 1.99. The second-order valence-corrected chi connectivity index (χ2v) is 7.60. The predicted octanol–water partition coefficient (Wildman–Crippen LogP) is 5.60. The number of nitrogens with zero attached hydrogens (tertiary/aromatic N) is 2. The van der Waals surface area contributed by atoms with Crippen molar-refractivity contribution in [3.05, 3.63) is 108 Å². The van der Waals surface area contributed by atoms with Crippen LogP contribution in [-0.2, 0) is 17.9 Å². The number of benzene rings is 3. The Morgan fingerprint density at radius 1 is 0.906 bits per heavy atom. The number of aromatic nitrogens is 2. The Bertz CT molecular complexity index is 1400. The molecule has 0 saturated carbocycles. The summed E-state index contributed by atoms with van der Waals surface area (Å²) < 4.78 is 13.0. The van der Waals surface area contributed by atoms with Crippen molar-refractivity contribution in [3.8, 4) is 5.75 Å². The second-order valence-electron chi connectivity index (χ2n) is 7.60. The van der Waals surface area contributed by atoms with Crippen molar-refractivity contribution in [2.45, 2.75) is 13.2 Å². The van der Waals surface area contributed by atoms with Crippen molar-refractivity contribution >= 4 is 27.8 Å². The molecule has 3 aromatic carbocycles. The number of carbonyl (C=O) groups is 1. The lowest BCUT2D eigenvalue weighted by Gasteiger charge is -2.09. The van der Waals surface area contributed by atoms with Crippen molar-refractivity contribution in [2.75, 3.05) is 7.11 Å². The van der Waals surface area contributed by atoms with Crippen LogP contribution in [0.4, 0.5) is 0 Å². The molecule has 0 bridgehead atoms. The van der Waals surface area contributed by atoms with Crippen molar-refractivity contribution in [1.82, 2.24) is 9.55 Å². The van der Waals surface area contributed by atoms with Gasteiger partial charge in [0, 0.05) is 29.0 Å². The SMILES string of the molecule is COC(=O)c1cccc2c1ccn2Cc1ccc(OCc2ccc3ccccc3n2)cc1. The molecule has 0 radical (unpaired) electrons. The lowest BCUT2D eigenvalue weighted by atomic mass is 10.1. The molecule has 5 heteroatoms. The first-order valence-electron chi connectivity index (χ1n) is 10.4. The van der Waals surface area contributed by atoms with Gasteiger partial charge < -0.3 is 14.0 Å². The zero-order valence-electron chi connectivity index (χ0n) is 17.7. The van der Waals surface area contributed by atoms with E-state index < -0.39 is 0 Å². The molecule has 0 aliphatic heterocycles. The Morgan fingerprint density at radius 2 is 1.75 bits per heavy atom. The van der Waals surface area contributed by atoms with Gasteiger partial charge in [-0.05, 0) is 48.0 Å². The lowest BCUT2D eigenvalue weighted by Crippen LogP contribution is -2.02. The molecule has 2 heterocycles. The fraction of sp³-hybridized carbons (Fsp3) is 0.111. The third-order valence-electron chi connectivity index (χ3n) is 5.54. The highest BCUT2D eigenvalue weighted by Crippen LogP contribution is 2.23. The molecule has 0 saturated heterocycles. The van der Waals surface area contributed by atoms with E-state index in [9.17, 15) is 4.79 Å². The first kappa shape index (κ1) is 19.8. The summed E-state index contributed by atoms with van der Waals surface area (Å²) in [6.45, 7) is 1.11. The number of esters is 1. The highest BCUT2D eigenvalue weighted by molar-refractivity contribution is 6.03. The number of rotatable bonds is 6. The van der Waals surface area contributed by atoms with E-state index in [0.29, 0.717) is 18.7 Å². The molecule has 0 fully saturated rings. The monoisotopic (exact) mass is 422 g/mol. The van der Waals surface area contributed by atoms with E-state index in [1.54, 1.807) is 6.07 Å². The molecule has 0 aliphatic carbocycles. The van der Waals surface area contributed by atoms with Crippen molar-refractivity contribution < 1.29 is 14.3 Å². The number of methoxy groups -OCH3 is 1. The summed E-state index contributed by atoms with van der Waals surface area (Å²) in [5.74, 6) is 0.477. The van der Waals surface area contributed by atoms with Gasteiger partial charge in [-0.15, -0.1) is 0 Å². The van der Waals surface area contributed by atoms with Gasteiger partial charge in [-0.1, -0.05) is 42.5 Å². The van der Waals surface area contributed by atoms with Gasteiger partial charge in [-0.25, -0.2) is 9.78 Å². The minimum Gasteiger partial charge on any atom is -0.487 e. The summed E-state index contributed by atoms with van der Waals surface area (Å²) in [7, 11) is 1.40. The highest BCUT2D eigenvalue weighted by Gasteiger charge is 2.12. The van der Waals surface area contributed by atoms with Crippen LogP contribution >= 0.6 is 0 Å². The first-order valence-corrected chi connectivity index (χ1v) is 10.4. The van der Waals surface area contributed by atoms with Gasteiger partial charge in [-0.3, -0.25) is 0 Å². The fourth-order valence-corrected chi connectivity index (χ4v) is 3.88. The molecular weight excluding hydrogens is 400 g/mol. The molecule has 0 unspecified atom stereocenters. The fourth-order valence-electron chi connectivity index (χ4n) is 3.88. The van der Waals surface area contributed by atoms with E-state index in [-0.39, 0.29) is 5.97 Å². The number of ether oxygens (including phenoxy) is 2. The van der Waals surface area contributed by atoms with Crippen molar-refractivity contribution in [3.63, 3.8) is 0 Å². The maximum Gasteiger partial charge on any atom is 0.338 e. The van der Waals surface area contributed by atoms with Crippen LogP contribution in [0.2, 0.25) is 0 Å². The summed E-state index contributed by atoms with van der Waals surface area (Å²) in [6, 6.07) is 27.8. The van der Waals surface area contributed by atoms with E-state index in [2.05, 4.69) is 33.8 Å². The van der Waals surface area contributed by atoms with Gasteiger partial charge in [0.05, 0.1) is 23.9 Å². The topological polar surface area (TPSA) is 53.4 Å². The van der Waals surface area contributed by atoms with E-state index in [0.717, 1.165) is 38.8 Å². The average molecular weight is 422 g/mol. The van der Waals surface area contributed by atoms with Crippen LogP contribution in [0.5, 0.6) is 5.75 Å². The quantitative estimate of drug-likeness (QED) is 0.334. The molecule has 0 aliphatic rings. The number of pyridine rings is 1. The maximum absolute atomic E-state index is 12.0. The standard InChI is InChI=1S/C27H22N2O3/c1-31-27(30)24-6-4-8-26-23(24)15-16-29(26)17-19-9-13-22(14-10-19)32-18-21-12-11-20-5-2-3-7-25(20)28-21/h2-16H,17-18H2,1H3. The van der Waals surface area contributed by atoms with Crippen LogP contribution < -0.4 is 4.74 Å². The van der Waals surface area contributed by atoms with Crippen LogP contribution in [-0.4, -0.2) is 22.6 Å². The van der Waals surface area contributed by atoms with Crippen LogP contribution in [0, 0.1) is 0 Å². The molecular formula is C27H22N2O3. The van der Waals surface area contributed by atoms with E-state index in [4.69, 9.17) is 9.47 Å². The molecule has 32 heavy (non-hydrogen) atoms. The first-order chi connectivity index (χ1) is 15.7. The van der Waals surface area contributed by atoms with Crippen molar-refractivity contribution in [2.24, 2.45) is 0 Å². The smallest absolute Gasteiger partial charge is 0.338 e. The molecule has 2 aromatic heterocycles. The van der Waals surface area contributed by atoms with Gasteiger partial charge in [0.25, 0.3) is 0 Å². The van der Waals surface area contributed by atoms with E-state index in [1.807, 2.05) is 60.8 Å². The predicted molar refractivity (Wildman–Crippen MR) is 125 cm³/mol. The largest absolute Gasteiger partial charge is 0.487 e. The van der Waals surface area contributed by atoms with Gasteiger partial charge >= 0.3 is 5.97 Å². The Morgan fingerprint density at radius 3 is 2.59 bits per heavy atom. The van der Waals surface area contributed by atoms with Gasteiger partial charge in [0.2, 0.25) is 0 Å². The van der Waals surface area contributed by atoms with Crippen LogP contribution in [0.15, 0.2) is 91.1 Å². The minimum atomic E-state index is -0.323. The Labute approximate surface area is 185 Å². The van der Waals surface area contributed by atoms with Crippen LogP contribution in [0.1, 0.15) is 21.6 Å². The molecule has 0 amide bonds. The van der Waals surface area contributed by atoms with Gasteiger partial charge in [0.15, 0.2) is 0 Å². The average Bonchev–Trinajstić information content (AvgIpc) is 3.26. The molecule has 158 valence electrons. The Hall–Kier alpha value is -4.12. The third-order valence-corrected chi connectivity index (χ3v) is 5.54. The van der Waals surface area contributed by atoms with Gasteiger partial charge in [-0.2, -0.15) is 0 Å². The molecule has 5 aromatic rings. The van der Waals surface area contributed by atoms with Crippen LogP contribution in [0.3, 0.4) is 0 Å². The minimum absolute atomic E-state index is 0.323. The number of hydrogen-bond donors (Lipinski definition) is 0. The summed E-state index contributed by atoms with van der Waals surface area (Å²) in [4.78, 5) is 16.7. The van der Waals surface area contributed by atoms with E-state index >= 15 is 0 Å². The summed E-state index contributed by atoms with van der Waals surface area (Å²) in [5.41, 5.74) is 4.58. The molecule has 0 spiro atoms. The zero-order valence-corrected chi connectivity index (χ0v) is 17.7. The molecule has 5 nitrogen and oxygen atoms in total. The Kier molecular flexibility index (Phi) is 5.30. The number of carbonyl (C=O) groups excluding carboxylic acids is 1. The Balaban J connectivity index is 1.28. The summed E-state index contributed by atoms with van der Waals surface area (Å²) >= 11 is 0. The number of para-hydroxylation sites is 1. The highest BCUT2D eigenvalue weighted by atomic mass is 16.5. The van der Waals surface area contributed by atoms with Crippen molar-refractivity contribution in [1.29, 1.82) is 0 Å². The normalized spacial score (nSPS) is 11.0. The van der Waals surface area contributed by atoms with Gasteiger partial charge in [0.1, 0.15) is 12.4 Å². The number of fused-ring (bicyclic) bond motifs is 2. The molecule has 0 atom stereocenters.